The SMILES string of the molecule is COC(=O)CN1C(=O)[C@@H](N2C(=O)OC[C@@H]2c2ccccc2)[C@H]1/C=C/c1ccccc1. The van der Waals surface area contributed by atoms with Gasteiger partial charge in [-0.3, -0.25) is 14.5 Å². The van der Waals surface area contributed by atoms with Crippen LogP contribution < -0.4 is 0 Å². The van der Waals surface area contributed by atoms with Crippen LogP contribution >= 0.6 is 0 Å². The highest BCUT2D eigenvalue weighted by Gasteiger charge is 2.55. The number of carbonyl (C=O) groups excluding carboxylic acids is 3. The number of rotatable bonds is 6. The van der Waals surface area contributed by atoms with E-state index >= 15 is 0 Å². The number of carbonyl (C=O) groups is 3. The second-order valence-corrected chi connectivity index (χ2v) is 7.16. The van der Waals surface area contributed by atoms with Crippen molar-refractivity contribution >= 4 is 24.0 Å². The van der Waals surface area contributed by atoms with Crippen LogP contribution in [0.2, 0.25) is 0 Å². The quantitative estimate of drug-likeness (QED) is 0.545. The van der Waals surface area contributed by atoms with Gasteiger partial charge in [0.2, 0.25) is 5.91 Å². The maximum absolute atomic E-state index is 13.0. The summed E-state index contributed by atoms with van der Waals surface area (Å²) in [6, 6.07) is 17.5. The molecule has 2 aromatic rings. The van der Waals surface area contributed by atoms with Crippen LogP contribution in [0.25, 0.3) is 6.08 Å². The minimum Gasteiger partial charge on any atom is -0.468 e. The second kappa shape index (κ2) is 8.41. The van der Waals surface area contributed by atoms with Crippen LogP contribution in [0.15, 0.2) is 66.7 Å². The van der Waals surface area contributed by atoms with Crippen LogP contribution in [0.1, 0.15) is 17.2 Å². The first-order valence-corrected chi connectivity index (χ1v) is 9.70. The van der Waals surface area contributed by atoms with E-state index < -0.39 is 24.1 Å². The molecule has 154 valence electrons. The smallest absolute Gasteiger partial charge is 0.411 e. The zero-order chi connectivity index (χ0) is 21.1. The van der Waals surface area contributed by atoms with Crippen molar-refractivity contribution in [2.24, 2.45) is 0 Å². The predicted octanol–water partition coefficient (Wildman–Crippen LogP) is 2.65. The Balaban J connectivity index is 1.63. The Hall–Kier alpha value is -3.61. The Morgan fingerprint density at radius 2 is 1.77 bits per heavy atom. The second-order valence-electron chi connectivity index (χ2n) is 7.16. The standard InChI is InChI=1S/C23H22N2O5/c1-29-20(26)14-24-18(13-12-16-8-4-2-5-9-16)21(22(24)27)25-19(15-30-23(25)28)17-10-6-3-7-11-17/h2-13,18-19,21H,14-15H2,1H3/b13-12+/t18-,19-,21+/m1/s1. The van der Waals surface area contributed by atoms with Crippen molar-refractivity contribution in [3.05, 3.63) is 77.9 Å². The van der Waals surface area contributed by atoms with Gasteiger partial charge in [0.15, 0.2) is 0 Å². The van der Waals surface area contributed by atoms with Crippen molar-refractivity contribution in [3.63, 3.8) is 0 Å². The highest BCUT2D eigenvalue weighted by atomic mass is 16.6. The first kappa shape index (κ1) is 19.7. The molecule has 30 heavy (non-hydrogen) atoms. The molecule has 2 heterocycles. The average molecular weight is 406 g/mol. The third-order valence-corrected chi connectivity index (χ3v) is 5.43. The molecular weight excluding hydrogens is 384 g/mol. The zero-order valence-corrected chi connectivity index (χ0v) is 16.5. The Morgan fingerprint density at radius 3 is 2.43 bits per heavy atom. The summed E-state index contributed by atoms with van der Waals surface area (Å²) in [6.45, 7) is 0.00721. The van der Waals surface area contributed by atoms with Crippen LogP contribution in [0, 0.1) is 0 Å². The van der Waals surface area contributed by atoms with Gasteiger partial charge in [0, 0.05) is 0 Å². The third kappa shape index (κ3) is 3.66. The zero-order valence-electron chi connectivity index (χ0n) is 16.5. The molecule has 0 aliphatic carbocycles. The molecule has 2 amide bonds. The van der Waals surface area contributed by atoms with Gasteiger partial charge in [-0.1, -0.05) is 72.8 Å². The maximum Gasteiger partial charge on any atom is 0.411 e. The lowest BCUT2D eigenvalue weighted by Gasteiger charge is -2.49. The largest absolute Gasteiger partial charge is 0.468 e. The summed E-state index contributed by atoms with van der Waals surface area (Å²) in [5, 5.41) is 0. The molecular formula is C23H22N2O5. The minimum absolute atomic E-state index is 0.172. The summed E-state index contributed by atoms with van der Waals surface area (Å²) in [6.07, 6.45) is 3.20. The van der Waals surface area contributed by atoms with E-state index in [4.69, 9.17) is 9.47 Å². The van der Waals surface area contributed by atoms with Crippen LogP contribution in [-0.4, -0.2) is 60.1 Å². The van der Waals surface area contributed by atoms with Gasteiger partial charge in [0.25, 0.3) is 0 Å². The fraction of sp³-hybridized carbons (Fsp3) is 0.261. The molecule has 3 atom stereocenters. The third-order valence-electron chi connectivity index (χ3n) is 5.43. The number of amides is 2. The Morgan fingerprint density at radius 1 is 1.10 bits per heavy atom. The highest BCUT2D eigenvalue weighted by Crippen LogP contribution is 2.37. The summed E-state index contributed by atoms with van der Waals surface area (Å²) in [5.41, 5.74) is 1.85. The molecule has 0 N–H and O–H groups in total. The number of likely N-dealkylation sites (tertiary alicyclic amines) is 1. The molecule has 2 saturated heterocycles. The summed E-state index contributed by atoms with van der Waals surface area (Å²) in [5.74, 6) is -0.814. The number of β-lactam (4-membered cyclic amide) rings is 1. The van der Waals surface area contributed by atoms with Gasteiger partial charge in [-0.2, -0.15) is 0 Å². The predicted molar refractivity (Wildman–Crippen MR) is 109 cm³/mol. The van der Waals surface area contributed by atoms with E-state index in [2.05, 4.69) is 0 Å². The van der Waals surface area contributed by atoms with Crippen LogP contribution in [0.5, 0.6) is 0 Å². The molecule has 0 spiro atoms. The molecule has 7 heteroatoms. The van der Waals surface area contributed by atoms with E-state index in [1.807, 2.05) is 72.8 Å². The molecule has 0 saturated carbocycles. The molecule has 2 aliphatic rings. The van der Waals surface area contributed by atoms with E-state index in [-0.39, 0.29) is 25.1 Å². The lowest BCUT2D eigenvalue weighted by atomic mass is 9.90. The molecule has 2 aliphatic heterocycles. The van der Waals surface area contributed by atoms with E-state index in [0.717, 1.165) is 11.1 Å². The van der Waals surface area contributed by atoms with Crippen molar-refractivity contribution in [1.82, 2.24) is 9.80 Å². The molecule has 7 nitrogen and oxygen atoms in total. The monoisotopic (exact) mass is 406 g/mol. The molecule has 2 aromatic carbocycles. The number of benzene rings is 2. The average Bonchev–Trinajstić information content (AvgIpc) is 3.16. The van der Waals surface area contributed by atoms with Crippen LogP contribution in [-0.2, 0) is 19.1 Å². The van der Waals surface area contributed by atoms with Gasteiger partial charge in [-0.25, -0.2) is 4.79 Å². The number of cyclic esters (lactones) is 1. The fourth-order valence-electron chi connectivity index (χ4n) is 3.88. The van der Waals surface area contributed by atoms with Gasteiger partial charge in [0.1, 0.15) is 19.2 Å². The van der Waals surface area contributed by atoms with Crippen LogP contribution in [0.4, 0.5) is 4.79 Å². The maximum atomic E-state index is 13.0. The number of methoxy groups -OCH3 is 1. The van der Waals surface area contributed by atoms with Crippen LogP contribution in [0.3, 0.4) is 0 Å². The van der Waals surface area contributed by atoms with E-state index in [1.54, 1.807) is 0 Å². The van der Waals surface area contributed by atoms with Gasteiger partial charge < -0.3 is 14.4 Å². The first-order valence-electron chi connectivity index (χ1n) is 9.70. The van der Waals surface area contributed by atoms with Crippen molar-refractivity contribution < 1.29 is 23.9 Å². The van der Waals surface area contributed by atoms with Gasteiger partial charge >= 0.3 is 12.1 Å². The number of nitrogens with zero attached hydrogens (tertiary/aromatic N) is 2. The minimum atomic E-state index is -0.741. The van der Waals surface area contributed by atoms with E-state index in [1.165, 1.54) is 16.9 Å². The molecule has 0 radical (unpaired) electrons. The molecule has 0 bridgehead atoms. The lowest BCUT2D eigenvalue weighted by molar-refractivity contribution is -0.162. The summed E-state index contributed by atoms with van der Waals surface area (Å²) in [7, 11) is 1.28. The van der Waals surface area contributed by atoms with Gasteiger partial charge in [-0.05, 0) is 11.1 Å². The van der Waals surface area contributed by atoms with E-state index in [0.29, 0.717) is 0 Å². The van der Waals surface area contributed by atoms with Crippen molar-refractivity contribution in [3.8, 4) is 0 Å². The van der Waals surface area contributed by atoms with Gasteiger partial charge in [0.05, 0.1) is 19.2 Å². The molecule has 2 fully saturated rings. The van der Waals surface area contributed by atoms with E-state index in [9.17, 15) is 14.4 Å². The molecule has 0 unspecified atom stereocenters. The Bertz CT molecular complexity index is 960. The Labute approximate surface area is 174 Å². The first-order chi connectivity index (χ1) is 14.6. The highest BCUT2D eigenvalue weighted by molar-refractivity contribution is 5.96. The number of hydrogen-bond donors (Lipinski definition) is 0. The molecule has 4 rings (SSSR count). The number of ether oxygens (including phenoxy) is 2. The van der Waals surface area contributed by atoms with Crippen molar-refractivity contribution in [2.75, 3.05) is 20.3 Å². The summed E-state index contributed by atoms with van der Waals surface area (Å²) in [4.78, 5) is 40.3. The number of esters is 1. The topological polar surface area (TPSA) is 76.2 Å². The molecule has 0 aromatic heterocycles. The number of hydrogen-bond acceptors (Lipinski definition) is 5. The van der Waals surface area contributed by atoms with Crippen molar-refractivity contribution in [2.45, 2.75) is 18.1 Å². The fourth-order valence-corrected chi connectivity index (χ4v) is 3.88. The summed E-state index contributed by atoms with van der Waals surface area (Å²) < 4.78 is 10.0. The normalized spacial score (nSPS) is 23.4. The van der Waals surface area contributed by atoms with Gasteiger partial charge in [-0.15, -0.1) is 0 Å². The lowest BCUT2D eigenvalue weighted by Crippen LogP contribution is -2.71. The van der Waals surface area contributed by atoms with Crippen molar-refractivity contribution in [1.29, 1.82) is 0 Å². The Kier molecular flexibility index (Phi) is 5.52. The summed E-state index contributed by atoms with van der Waals surface area (Å²) >= 11 is 0.